The molecule has 10 heteroatoms. The van der Waals surface area contributed by atoms with Crippen molar-refractivity contribution >= 4 is 35.5 Å². The zero-order valence-electron chi connectivity index (χ0n) is 26.6. The molecule has 0 fully saturated rings. The number of carboxylic acids is 1. The Morgan fingerprint density at radius 3 is 1.36 bits per heavy atom. The maximum atomic E-state index is 12.7. The van der Waals surface area contributed by atoms with Gasteiger partial charge in [0.1, 0.15) is 49.4 Å². The Balaban J connectivity index is 1.31. The summed E-state index contributed by atoms with van der Waals surface area (Å²) in [4.78, 5) is 26.0. The van der Waals surface area contributed by atoms with E-state index in [-0.39, 0.29) is 18.8 Å². The van der Waals surface area contributed by atoms with Gasteiger partial charge in [-0.25, -0.2) is 4.79 Å². The third kappa shape index (κ3) is 11.3. The van der Waals surface area contributed by atoms with Crippen LogP contribution < -0.4 is 18.9 Å². The highest BCUT2D eigenvalue weighted by Crippen LogP contribution is 2.27. The lowest BCUT2D eigenvalue weighted by atomic mass is 10.1. The topological polar surface area (TPSA) is 101 Å². The molecule has 1 N–H and O–H groups in total. The maximum absolute atomic E-state index is 12.7. The zero-order chi connectivity index (χ0) is 33.6. The molecule has 0 saturated carbocycles. The molecule has 4 aromatic carbocycles. The van der Waals surface area contributed by atoms with Gasteiger partial charge in [0.15, 0.2) is 5.60 Å². The number of aliphatic carboxylic acids is 1. The van der Waals surface area contributed by atoms with E-state index in [9.17, 15) is 9.59 Å². The van der Waals surface area contributed by atoms with Crippen LogP contribution in [0.25, 0.3) is 11.1 Å². The summed E-state index contributed by atoms with van der Waals surface area (Å²) in [6.45, 7) is 6.02. The van der Waals surface area contributed by atoms with Crippen molar-refractivity contribution in [1.82, 2.24) is 0 Å². The average Bonchev–Trinajstić information content (AvgIpc) is 3.09. The minimum atomic E-state index is -1.24. The summed E-state index contributed by atoms with van der Waals surface area (Å²) in [6, 6.07) is 30.8. The van der Waals surface area contributed by atoms with Gasteiger partial charge in [-0.1, -0.05) is 30.8 Å². The van der Waals surface area contributed by atoms with Crippen LogP contribution in [0.4, 0.5) is 0 Å². The Bertz CT molecular complexity index is 1600. The summed E-state index contributed by atoms with van der Waals surface area (Å²) >= 11 is 3.30. The minimum absolute atomic E-state index is 0.0262. The van der Waals surface area contributed by atoms with Gasteiger partial charge in [-0.3, -0.25) is 4.79 Å². The van der Waals surface area contributed by atoms with Crippen molar-refractivity contribution in [2.24, 2.45) is 0 Å². The standard InChI is InChI=1S/C37H38O8S2/c1-26(23-35(38)39)36(40)45-37(2,25-44-32-15-19-34(47-4)20-16-32)24-43-31-11-7-28(8-12-31)27-5-9-29(10-6-27)41-21-22-42-30-13-17-33(46-3)18-14-30/h5-20H,1,21-25H2,2-4H3,(H,38,39). The van der Waals surface area contributed by atoms with Crippen molar-refractivity contribution in [3.05, 3.63) is 109 Å². The molecule has 246 valence electrons. The quantitative estimate of drug-likeness (QED) is 0.0483. The summed E-state index contributed by atoms with van der Waals surface area (Å²) in [7, 11) is 0. The molecule has 1 atom stereocenters. The smallest absolute Gasteiger partial charge is 0.334 e. The van der Waals surface area contributed by atoms with E-state index in [2.05, 4.69) is 6.58 Å². The van der Waals surface area contributed by atoms with E-state index >= 15 is 0 Å². The second kappa shape index (κ2) is 17.4. The molecule has 47 heavy (non-hydrogen) atoms. The van der Waals surface area contributed by atoms with Gasteiger partial charge in [0.25, 0.3) is 0 Å². The van der Waals surface area contributed by atoms with Crippen molar-refractivity contribution in [2.75, 3.05) is 38.9 Å². The highest BCUT2D eigenvalue weighted by molar-refractivity contribution is 7.98. The lowest BCUT2D eigenvalue weighted by molar-refractivity contribution is -0.161. The first-order valence-electron chi connectivity index (χ1n) is 14.8. The zero-order valence-corrected chi connectivity index (χ0v) is 28.2. The summed E-state index contributed by atoms with van der Waals surface area (Å²) in [5, 5.41) is 9.06. The van der Waals surface area contributed by atoms with E-state index in [0.29, 0.717) is 24.7 Å². The molecule has 0 amide bonds. The predicted molar refractivity (Wildman–Crippen MR) is 186 cm³/mol. The molecule has 0 aliphatic carbocycles. The number of rotatable bonds is 18. The molecule has 0 radical (unpaired) electrons. The Hall–Kier alpha value is -4.54. The van der Waals surface area contributed by atoms with Crippen LogP contribution in [0.1, 0.15) is 13.3 Å². The molecule has 0 saturated heterocycles. The highest BCUT2D eigenvalue weighted by Gasteiger charge is 2.33. The first-order valence-corrected chi connectivity index (χ1v) is 17.2. The van der Waals surface area contributed by atoms with E-state index in [1.807, 2.05) is 110 Å². The van der Waals surface area contributed by atoms with Crippen LogP contribution in [0.2, 0.25) is 0 Å². The molecule has 4 aromatic rings. The number of carboxylic acid groups (broad SMARTS) is 1. The van der Waals surface area contributed by atoms with Crippen LogP contribution >= 0.6 is 23.5 Å². The molecule has 0 bridgehead atoms. The number of esters is 1. The predicted octanol–water partition coefficient (Wildman–Crippen LogP) is 8.05. The number of carbonyl (C=O) groups excluding carboxylic acids is 1. The van der Waals surface area contributed by atoms with E-state index in [4.69, 9.17) is 28.8 Å². The number of carbonyl (C=O) groups is 2. The summed E-state index contributed by atoms with van der Waals surface area (Å²) in [6.07, 6.45) is 3.50. The number of benzene rings is 4. The summed E-state index contributed by atoms with van der Waals surface area (Å²) < 4.78 is 29.2. The van der Waals surface area contributed by atoms with Crippen molar-refractivity contribution in [3.8, 4) is 34.1 Å². The number of thioether (sulfide) groups is 2. The van der Waals surface area contributed by atoms with Crippen LogP contribution in [-0.2, 0) is 14.3 Å². The first kappa shape index (κ1) is 35.3. The molecular weight excluding hydrogens is 637 g/mol. The van der Waals surface area contributed by atoms with Crippen LogP contribution in [0.5, 0.6) is 23.0 Å². The normalized spacial score (nSPS) is 12.0. The molecule has 4 rings (SSSR count). The lowest BCUT2D eigenvalue weighted by Gasteiger charge is -2.29. The largest absolute Gasteiger partial charge is 0.490 e. The van der Waals surface area contributed by atoms with Gasteiger partial charge in [-0.2, -0.15) is 0 Å². The molecule has 1 unspecified atom stereocenters. The monoisotopic (exact) mass is 674 g/mol. The molecule has 0 spiro atoms. The Labute approximate surface area is 284 Å². The fourth-order valence-corrected chi connectivity index (χ4v) is 5.09. The van der Waals surface area contributed by atoms with Gasteiger partial charge < -0.3 is 28.8 Å². The molecular formula is C37H38O8S2. The van der Waals surface area contributed by atoms with Crippen molar-refractivity contribution < 1.29 is 38.4 Å². The molecule has 8 nitrogen and oxygen atoms in total. The van der Waals surface area contributed by atoms with Crippen LogP contribution in [-0.4, -0.2) is 61.6 Å². The fraction of sp³-hybridized carbons (Fsp3) is 0.243. The second-order valence-corrected chi connectivity index (χ2v) is 12.4. The number of hydrogen-bond donors (Lipinski definition) is 1. The minimum Gasteiger partial charge on any atom is -0.490 e. The third-order valence-corrected chi connectivity index (χ3v) is 8.35. The van der Waals surface area contributed by atoms with Crippen LogP contribution in [0, 0.1) is 0 Å². The van der Waals surface area contributed by atoms with Gasteiger partial charge in [0, 0.05) is 15.4 Å². The van der Waals surface area contributed by atoms with Crippen LogP contribution in [0.3, 0.4) is 0 Å². The van der Waals surface area contributed by atoms with E-state index in [0.717, 1.165) is 27.5 Å². The molecule has 0 aliphatic heterocycles. The SMILES string of the molecule is C=C(CC(=O)O)C(=O)OC(C)(COc1ccc(SC)cc1)COc1ccc(-c2ccc(OCCOc3ccc(SC)cc3)cc2)cc1. The Morgan fingerprint density at radius 2 is 1.00 bits per heavy atom. The molecule has 0 aliphatic rings. The number of hydrogen-bond acceptors (Lipinski definition) is 9. The Morgan fingerprint density at radius 1 is 0.638 bits per heavy atom. The van der Waals surface area contributed by atoms with Gasteiger partial charge in [0.2, 0.25) is 0 Å². The Kier molecular flexibility index (Phi) is 13.1. The lowest BCUT2D eigenvalue weighted by Crippen LogP contribution is -2.44. The van der Waals surface area contributed by atoms with Crippen molar-refractivity contribution in [3.63, 3.8) is 0 Å². The second-order valence-electron chi connectivity index (χ2n) is 10.7. The molecule has 0 heterocycles. The van der Waals surface area contributed by atoms with Crippen molar-refractivity contribution in [2.45, 2.75) is 28.7 Å². The fourth-order valence-electron chi connectivity index (χ4n) is 4.27. The van der Waals surface area contributed by atoms with Crippen molar-refractivity contribution in [1.29, 1.82) is 0 Å². The van der Waals surface area contributed by atoms with E-state index in [1.165, 1.54) is 4.90 Å². The van der Waals surface area contributed by atoms with E-state index < -0.39 is 24.0 Å². The summed E-state index contributed by atoms with van der Waals surface area (Å²) in [5.74, 6) is 0.726. The van der Waals surface area contributed by atoms with Gasteiger partial charge in [-0.15, -0.1) is 23.5 Å². The maximum Gasteiger partial charge on any atom is 0.334 e. The third-order valence-electron chi connectivity index (χ3n) is 6.86. The first-order chi connectivity index (χ1) is 22.7. The van der Waals surface area contributed by atoms with E-state index in [1.54, 1.807) is 30.4 Å². The highest BCUT2D eigenvalue weighted by atomic mass is 32.2. The molecule has 0 aromatic heterocycles. The number of ether oxygens (including phenoxy) is 5. The van der Waals surface area contributed by atoms with Gasteiger partial charge in [-0.05, 0) is 103 Å². The van der Waals surface area contributed by atoms with Gasteiger partial charge >= 0.3 is 11.9 Å². The van der Waals surface area contributed by atoms with Crippen LogP contribution in [0.15, 0.2) is 119 Å². The van der Waals surface area contributed by atoms with Gasteiger partial charge in [0.05, 0.1) is 6.42 Å². The average molecular weight is 675 g/mol. The summed E-state index contributed by atoms with van der Waals surface area (Å²) in [5.41, 5.74) is 0.580.